The van der Waals surface area contributed by atoms with Crippen LogP contribution in [-0.4, -0.2) is 30.9 Å². The number of hydrogen-bond donors (Lipinski definition) is 1. The fourth-order valence-electron chi connectivity index (χ4n) is 3.98. The van der Waals surface area contributed by atoms with E-state index in [4.69, 9.17) is 0 Å². The SMILES string of the molecule is CSc1cccc(N2CC3(CCCC3)NCC2C(C)C)c1. The zero-order chi connectivity index (χ0) is 14.9. The van der Waals surface area contributed by atoms with Crippen molar-refractivity contribution in [3.05, 3.63) is 24.3 Å². The molecule has 1 heterocycles. The lowest BCUT2D eigenvalue weighted by Crippen LogP contribution is -2.64. The molecule has 21 heavy (non-hydrogen) atoms. The summed E-state index contributed by atoms with van der Waals surface area (Å²) in [5.41, 5.74) is 1.79. The molecule has 0 amide bonds. The van der Waals surface area contributed by atoms with E-state index in [2.05, 4.69) is 54.6 Å². The first kappa shape index (κ1) is 15.2. The van der Waals surface area contributed by atoms with Gasteiger partial charge in [0, 0.05) is 35.3 Å². The van der Waals surface area contributed by atoms with Gasteiger partial charge in [0.1, 0.15) is 0 Å². The van der Waals surface area contributed by atoms with Gasteiger partial charge in [-0.25, -0.2) is 0 Å². The summed E-state index contributed by atoms with van der Waals surface area (Å²) in [6.07, 6.45) is 7.62. The lowest BCUT2D eigenvalue weighted by molar-refractivity contribution is 0.245. The van der Waals surface area contributed by atoms with Crippen LogP contribution in [0.1, 0.15) is 39.5 Å². The molecular formula is C18H28N2S. The van der Waals surface area contributed by atoms with Gasteiger partial charge in [0.25, 0.3) is 0 Å². The van der Waals surface area contributed by atoms with Crippen molar-refractivity contribution in [2.24, 2.45) is 5.92 Å². The molecule has 2 fully saturated rings. The summed E-state index contributed by atoms with van der Waals surface area (Å²) in [5.74, 6) is 0.675. The molecule has 116 valence electrons. The highest BCUT2D eigenvalue weighted by atomic mass is 32.2. The second-order valence-corrected chi connectivity index (χ2v) is 7.89. The van der Waals surface area contributed by atoms with Crippen molar-refractivity contribution in [3.63, 3.8) is 0 Å². The molecule has 2 aliphatic rings. The smallest absolute Gasteiger partial charge is 0.0438 e. The van der Waals surface area contributed by atoms with Crippen LogP contribution in [0.3, 0.4) is 0 Å². The largest absolute Gasteiger partial charge is 0.365 e. The summed E-state index contributed by atoms with van der Waals surface area (Å²) < 4.78 is 0. The molecule has 1 aromatic rings. The molecule has 1 saturated carbocycles. The van der Waals surface area contributed by atoms with Crippen molar-refractivity contribution in [2.75, 3.05) is 24.2 Å². The Morgan fingerprint density at radius 3 is 2.71 bits per heavy atom. The molecule has 1 saturated heterocycles. The Balaban J connectivity index is 1.89. The van der Waals surface area contributed by atoms with Gasteiger partial charge < -0.3 is 10.2 Å². The molecule has 1 N–H and O–H groups in total. The first-order valence-electron chi connectivity index (χ1n) is 8.29. The minimum absolute atomic E-state index is 0.376. The van der Waals surface area contributed by atoms with Crippen molar-refractivity contribution in [3.8, 4) is 0 Å². The van der Waals surface area contributed by atoms with Crippen LogP contribution in [0.25, 0.3) is 0 Å². The highest BCUT2D eigenvalue weighted by Gasteiger charge is 2.41. The molecule has 3 rings (SSSR count). The van der Waals surface area contributed by atoms with E-state index in [9.17, 15) is 0 Å². The summed E-state index contributed by atoms with van der Waals surface area (Å²) in [4.78, 5) is 4.06. The maximum atomic E-state index is 3.91. The average Bonchev–Trinajstić information content (AvgIpc) is 2.95. The Bertz CT molecular complexity index is 480. The zero-order valence-corrected chi connectivity index (χ0v) is 14.4. The van der Waals surface area contributed by atoms with E-state index >= 15 is 0 Å². The van der Waals surface area contributed by atoms with Crippen LogP contribution in [0.15, 0.2) is 29.2 Å². The Kier molecular flexibility index (Phi) is 4.51. The van der Waals surface area contributed by atoms with Crippen molar-refractivity contribution in [2.45, 2.75) is 56.0 Å². The lowest BCUT2D eigenvalue weighted by Gasteiger charge is -2.49. The molecule has 0 bridgehead atoms. The summed E-state index contributed by atoms with van der Waals surface area (Å²) in [6.45, 7) is 7.00. The minimum atomic E-state index is 0.376. The van der Waals surface area contributed by atoms with Crippen molar-refractivity contribution >= 4 is 17.4 Å². The van der Waals surface area contributed by atoms with Gasteiger partial charge in [0.2, 0.25) is 0 Å². The van der Waals surface area contributed by atoms with Gasteiger partial charge in [-0.05, 0) is 43.2 Å². The lowest BCUT2D eigenvalue weighted by atomic mass is 9.88. The fraction of sp³-hybridized carbons (Fsp3) is 0.667. The van der Waals surface area contributed by atoms with Crippen molar-refractivity contribution in [1.82, 2.24) is 5.32 Å². The number of benzene rings is 1. The summed E-state index contributed by atoms with van der Waals surface area (Å²) >= 11 is 1.84. The van der Waals surface area contributed by atoms with Crippen molar-refractivity contribution < 1.29 is 0 Å². The average molecular weight is 305 g/mol. The molecule has 1 atom stereocenters. The van der Waals surface area contributed by atoms with Gasteiger partial charge in [-0.1, -0.05) is 32.8 Å². The molecule has 1 aliphatic heterocycles. The first-order valence-corrected chi connectivity index (χ1v) is 9.52. The monoisotopic (exact) mass is 304 g/mol. The molecule has 1 spiro atoms. The molecule has 0 aromatic heterocycles. The molecule has 1 aliphatic carbocycles. The number of hydrogen-bond acceptors (Lipinski definition) is 3. The van der Waals surface area contributed by atoms with Gasteiger partial charge in [-0.15, -0.1) is 11.8 Å². The molecule has 3 heteroatoms. The summed E-state index contributed by atoms with van der Waals surface area (Å²) in [6, 6.07) is 9.69. The molecule has 1 unspecified atom stereocenters. The van der Waals surface area contributed by atoms with Gasteiger partial charge in [-0.2, -0.15) is 0 Å². The number of nitrogens with one attached hydrogen (secondary N) is 1. The van der Waals surface area contributed by atoms with Crippen LogP contribution < -0.4 is 10.2 Å². The molecule has 2 nitrogen and oxygen atoms in total. The normalized spacial score (nSPS) is 25.0. The Morgan fingerprint density at radius 2 is 2.05 bits per heavy atom. The van der Waals surface area contributed by atoms with Gasteiger partial charge >= 0.3 is 0 Å². The van der Waals surface area contributed by atoms with Crippen LogP contribution >= 0.6 is 11.8 Å². The zero-order valence-electron chi connectivity index (χ0n) is 13.6. The maximum Gasteiger partial charge on any atom is 0.0438 e. The third kappa shape index (κ3) is 3.09. The second kappa shape index (κ2) is 6.21. The number of nitrogens with zero attached hydrogens (tertiary/aromatic N) is 1. The molecule has 0 radical (unpaired) electrons. The maximum absolute atomic E-state index is 3.91. The Morgan fingerprint density at radius 1 is 1.29 bits per heavy atom. The standard InChI is InChI=1S/C18H28N2S/c1-14(2)17-12-19-18(9-4-5-10-18)13-20(17)15-7-6-8-16(11-15)21-3/h6-8,11,14,17,19H,4-5,9-10,12-13H2,1-3H3. The highest BCUT2D eigenvalue weighted by molar-refractivity contribution is 7.98. The summed E-state index contributed by atoms with van der Waals surface area (Å²) in [5, 5.41) is 3.91. The van der Waals surface area contributed by atoms with E-state index in [0.29, 0.717) is 17.5 Å². The molecular weight excluding hydrogens is 276 g/mol. The quantitative estimate of drug-likeness (QED) is 0.844. The third-order valence-corrected chi connectivity index (χ3v) is 6.00. The van der Waals surface area contributed by atoms with E-state index < -0.39 is 0 Å². The number of thioether (sulfide) groups is 1. The topological polar surface area (TPSA) is 15.3 Å². The highest BCUT2D eigenvalue weighted by Crippen LogP contribution is 2.37. The van der Waals surface area contributed by atoms with E-state index in [-0.39, 0.29) is 0 Å². The van der Waals surface area contributed by atoms with E-state index in [0.717, 1.165) is 6.54 Å². The minimum Gasteiger partial charge on any atom is -0.365 e. The van der Waals surface area contributed by atoms with Gasteiger partial charge in [-0.3, -0.25) is 0 Å². The molecule has 1 aromatic carbocycles. The number of anilines is 1. The number of piperazine rings is 1. The van der Waals surface area contributed by atoms with Crippen molar-refractivity contribution in [1.29, 1.82) is 0 Å². The number of rotatable bonds is 3. The third-order valence-electron chi connectivity index (χ3n) is 5.27. The van der Waals surface area contributed by atoms with Crippen LogP contribution in [0.2, 0.25) is 0 Å². The van der Waals surface area contributed by atoms with E-state index in [1.165, 1.54) is 42.8 Å². The first-order chi connectivity index (χ1) is 10.1. The Labute approximate surface area is 133 Å². The summed E-state index contributed by atoms with van der Waals surface area (Å²) in [7, 11) is 0. The van der Waals surface area contributed by atoms with Crippen LogP contribution in [-0.2, 0) is 0 Å². The predicted molar refractivity (Wildman–Crippen MR) is 93.4 cm³/mol. The fourth-order valence-corrected chi connectivity index (χ4v) is 4.44. The van der Waals surface area contributed by atoms with Crippen LogP contribution in [0.4, 0.5) is 5.69 Å². The van der Waals surface area contributed by atoms with Crippen LogP contribution in [0.5, 0.6) is 0 Å². The van der Waals surface area contributed by atoms with Crippen LogP contribution in [0, 0.1) is 5.92 Å². The van der Waals surface area contributed by atoms with E-state index in [1.54, 1.807) is 0 Å². The van der Waals surface area contributed by atoms with Gasteiger partial charge in [0.05, 0.1) is 0 Å². The Hall–Kier alpha value is -0.670. The second-order valence-electron chi connectivity index (χ2n) is 7.01. The van der Waals surface area contributed by atoms with Gasteiger partial charge in [0.15, 0.2) is 0 Å². The predicted octanol–water partition coefficient (Wildman–Crippen LogP) is 4.16. The van der Waals surface area contributed by atoms with E-state index in [1.807, 2.05) is 11.8 Å².